The number of hydrogen-bond donors (Lipinski definition) is 1. The fourth-order valence-corrected chi connectivity index (χ4v) is 3.08. The zero-order valence-electron chi connectivity index (χ0n) is 13.8. The maximum Gasteiger partial charge on any atom is 0.257 e. The van der Waals surface area contributed by atoms with Gasteiger partial charge in [-0.3, -0.25) is 9.48 Å². The molecular weight excluding hydrogens is 288 g/mol. The first-order chi connectivity index (χ1) is 11.2. The lowest BCUT2D eigenvalue weighted by Gasteiger charge is -2.34. The zero-order chi connectivity index (χ0) is 16.2. The van der Waals surface area contributed by atoms with Gasteiger partial charge in [0.15, 0.2) is 0 Å². The van der Waals surface area contributed by atoms with Crippen LogP contribution in [-0.4, -0.2) is 40.2 Å². The van der Waals surface area contributed by atoms with Crippen molar-refractivity contribution in [2.75, 3.05) is 19.6 Å². The second kappa shape index (κ2) is 6.96. The lowest BCUT2D eigenvalue weighted by molar-refractivity contribution is 0.0702. The number of amides is 1. The highest BCUT2D eigenvalue weighted by Gasteiger charge is 2.26. The predicted octanol–water partition coefficient (Wildman–Crippen LogP) is 2.39. The Kier molecular flexibility index (Phi) is 4.76. The van der Waals surface area contributed by atoms with Gasteiger partial charge in [-0.05, 0) is 18.9 Å². The van der Waals surface area contributed by atoms with E-state index in [1.807, 2.05) is 40.9 Å². The summed E-state index contributed by atoms with van der Waals surface area (Å²) in [6.45, 7) is 7.12. The third-order valence-corrected chi connectivity index (χ3v) is 4.29. The Hall–Kier alpha value is -2.14. The van der Waals surface area contributed by atoms with E-state index < -0.39 is 0 Å². The Labute approximate surface area is 137 Å². The average molecular weight is 312 g/mol. The standard InChI is InChI=1S/C18H24N4O/c1-3-10-22-12-16(14(2)20-22)18(23)21-11-9-19-17(13-21)15-7-5-4-6-8-15/h4-8,12,17,19H,3,9-11,13H2,1-2H3/t17-/m0/s1. The van der Waals surface area contributed by atoms with Gasteiger partial charge in [0.1, 0.15) is 0 Å². The highest BCUT2D eigenvalue weighted by Crippen LogP contribution is 2.19. The van der Waals surface area contributed by atoms with Crippen molar-refractivity contribution in [1.29, 1.82) is 0 Å². The maximum absolute atomic E-state index is 12.9. The average Bonchev–Trinajstić information content (AvgIpc) is 2.96. The summed E-state index contributed by atoms with van der Waals surface area (Å²) in [6, 6.07) is 10.5. The van der Waals surface area contributed by atoms with Crippen LogP contribution in [0.2, 0.25) is 0 Å². The lowest BCUT2D eigenvalue weighted by atomic mass is 10.0. The molecule has 1 atom stereocenters. The number of benzene rings is 1. The molecule has 3 rings (SSSR count). The van der Waals surface area contributed by atoms with Crippen molar-refractivity contribution in [2.24, 2.45) is 0 Å². The summed E-state index contributed by atoms with van der Waals surface area (Å²) in [5.41, 5.74) is 2.77. The van der Waals surface area contributed by atoms with E-state index >= 15 is 0 Å². The van der Waals surface area contributed by atoms with E-state index in [0.717, 1.165) is 37.3 Å². The van der Waals surface area contributed by atoms with Gasteiger partial charge in [0.2, 0.25) is 0 Å². The fraction of sp³-hybridized carbons (Fsp3) is 0.444. The first kappa shape index (κ1) is 15.7. The number of rotatable bonds is 4. The second-order valence-electron chi connectivity index (χ2n) is 6.06. The van der Waals surface area contributed by atoms with Crippen LogP contribution in [-0.2, 0) is 6.54 Å². The number of nitrogens with zero attached hydrogens (tertiary/aromatic N) is 3. The Morgan fingerprint density at radius 2 is 2.13 bits per heavy atom. The van der Waals surface area contributed by atoms with Crippen LogP contribution in [0.1, 0.15) is 41.0 Å². The molecule has 5 nitrogen and oxygen atoms in total. The molecule has 1 fully saturated rings. The van der Waals surface area contributed by atoms with E-state index in [2.05, 4.69) is 29.5 Å². The van der Waals surface area contributed by atoms with Crippen LogP contribution in [0, 0.1) is 6.92 Å². The number of nitrogens with one attached hydrogen (secondary N) is 1. The summed E-state index contributed by atoms with van der Waals surface area (Å²) in [5, 5.41) is 7.94. The molecule has 1 aromatic heterocycles. The molecule has 1 aliphatic heterocycles. The molecule has 2 heterocycles. The van der Waals surface area contributed by atoms with E-state index in [4.69, 9.17) is 0 Å². The van der Waals surface area contributed by atoms with E-state index in [-0.39, 0.29) is 11.9 Å². The van der Waals surface area contributed by atoms with Gasteiger partial charge in [0.25, 0.3) is 5.91 Å². The number of aromatic nitrogens is 2. The Morgan fingerprint density at radius 3 is 2.87 bits per heavy atom. The summed E-state index contributed by atoms with van der Waals surface area (Å²) in [4.78, 5) is 14.8. The summed E-state index contributed by atoms with van der Waals surface area (Å²) < 4.78 is 1.87. The van der Waals surface area contributed by atoms with Gasteiger partial charge in [0, 0.05) is 38.4 Å². The third-order valence-electron chi connectivity index (χ3n) is 4.29. The lowest BCUT2D eigenvalue weighted by Crippen LogP contribution is -2.48. The highest BCUT2D eigenvalue weighted by atomic mass is 16.2. The van der Waals surface area contributed by atoms with Crippen molar-refractivity contribution in [1.82, 2.24) is 20.0 Å². The predicted molar refractivity (Wildman–Crippen MR) is 90.3 cm³/mol. The first-order valence-electron chi connectivity index (χ1n) is 8.30. The van der Waals surface area contributed by atoms with E-state index in [1.54, 1.807) is 0 Å². The smallest absolute Gasteiger partial charge is 0.257 e. The molecule has 23 heavy (non-hydrogen) atoms. The van der Waals surface area contributed by atoms with Crippen LogP contribution in [0.15, 0.2) is 36.5 Å². The summed E-state index contributed by atoms with van der Waals surface area (Å²) in [7, 11) is 0. The summed E-state index contributed by atoms with van der Waals surface area (Å²) >= 11 is 0. The zero-order valence-corrected chi connectivity index (χ0v) is 13.8. The number of carbonyl (C=O) groups is 1. The monoisotopic (exact) mass is 312 g/mol. The SMILES string of the molecule is CCCn1cc(C(=O)N2CCN[C@H](c3ccccc3)C2)c(C)n1. The van der Waals surface area contributed by atoms with Gasteiger partial charge >= 0.3 is 0 Å². The van der Waals surface area contributed by atoms with Crippen LogP contribution >= 0.6 is 0 Å². The van der Waals surface area contributed by atoms with Crippen LogP contribution in [0.4, 0.5) is 0 Å². The first-order valence-corrected chi connectivity index (χ1v) is 8.30. The molecule has 1 N–H and O–H groups in total. The summed E-state index contributed by atoms with van der Waals surface area (Å²) in [5.74, 6) is 0.0901. The molecule has 1 saturated heterocycles. The topological polar surface area (TPSA) is 50.2 Å². The van der Waals surface area contributed by atoms with Gasteiger partial charge in [-0.25, -0.2) is 0 Å². The van der Waals surface area contributed by atoms with E-state index in [9.17, 15) is 4.79 Å². The molecule has 0 unspecified atom stereocenters. The molecule has 0 saturated carbocycles. The minimum Gasteiger partial charge on any atom is -0.335 e. The van der Waals surface area contributed by atoms with Gasteiger partial charge in [-0.2, -0.15) is 5.10 Å². The second-order valence-corrected chi connectivity index (χ2v) is 6.06. The number of aryl methyl sites for hydroxylation is 2. The molecular formula is C18H24N4O. The number of hydrogen-bond acceptors (Lipinski definition) is 3. The normalized spacial score (nSPS) is 18.2. The van der Waals surface area contributed by atoms with Crippen molar-refractivity contribution in [2.45, 2.75) is 32.9 Å². The molecule has 2 aromatic rings. The summed E-state index contributed by atoms with van der Waals surface area (Å²) in [6.07, 6.45) is 2.90. The van der Waals surface area contributed by atoms with Crippen molar-refractivity contribution in [3.63, 3.8) is 0 Å². The molecule has 0 aliphatic carbocycles. The molecule has 0 bridgehead atoms. The molecule has 0 radical (unpaired) electrons. The molecule has 5 heteroatoms. The van der Waals surface area contributed by atoms with Crippen LogP contribution in [0.25, 0.3) is 0 Å². The molecule has 1 aliphatic rings. The van der Waals surface area contributed by atoms with Gasteiger partial charge < -0.3 is 10.2 Å². The third kappa shape index (κ3) is 3.45. The largest absolute Gasteiger partial charge is 0.335 e. The van der Waals surface area contributed by atoms with Gasteiger partial charge in [-0.1, -0.05) is 37.3 Å². The van der Waals surface area contributed by atoms with Crippen LogP contribution in [0.3, 0.4) is 0 Å². The number of piperazine rings is 1. The molecule has 1 amide bonds. The van der Waals surface area contributed by atoms with E-state index in [0.29, 0.717) is 6.54 Å². The molecule has 0 spiro atoms. The minimum atomic E-state index is 0.0901. The van der Waals surface area contributed by atoms with Crippen molar-refractivity contribution >= 4 is 5.91 Å². The van der Waals surface area contributed by atoms with Crippen LogP contribution < -0.4 is 5.32 Å². The maximum atomic E-state index is 12.9. The fourth-order valence-electron chi connectivity index (χ4n) is 3.08. The molecule has 122 valence electrons. The van der Waals surface area contributed by atoms with Gasteiger partial charge in [-0.15, -0.1) is 0 Å². The highest BCUT2D eigenvalue weighted by molar-refractivity contribution is 5.95. The van der Waals surface area contributed by atoms with E-state index in [1.165, 1.54) is 5.56 Å². The van der Waals surface area contributed by atoms with Crippen LogP contribution in [0.5, 0.6) is 0 Å². The number of carbonyl (C=O) groups excluding carboxylic acids is 1. The van der Waals surface area contributed by atoms with Crippen molar-refractivity contribution in [3.8, 4) is 0 Å². The Balaban J connectivity index is 1.74. The molecule has 1 aromatic carbocycles. The van der Waals surface area contributed by atoms with Gasteiger partial charge in [0.05, 0.1) is 11.3 Å². The van der Waals surface area contributed by atoms with Crippen molar-refractivity contribution < 1.29 is 4.79 Å². The Morgan fingerprint density at radius 1 is 1.35 bits per heavy atom. The quantitative estimate of drug-likeness (QED) is 0.943. The van der Waals surface area contributed by atoms with Crippen molar-refractivity contribution in [3.05, 3.63) is 53.3 Å². The Bertz CT molecular complexity index is 665. The minimum absolute atomic E-state index is 0.0901.